The van der Waals surface area contributed by atoms with Gasteiger partial charge in [0.2, 0.25) is 0 Å². The molecule has 1 aliphatic heterocycles. The van der Waals surface area contributed by atoms with E-state index in [1.807, 2.05) is 4.90 Å². The van der Waals surface area contributed by atoms with Crippen LogP contribution in [0, 0.1) is 0 Å². The minimum Gasteiger partial charge on any atom is -0.462 e. The third kappa shape index (κ3) is 3.56. The van der Waals surface area contributed by atoms with Gasteiger partial charge in [-0.3, -0.25) is 0 Å². The number of pyridine rings is 1. The number of hydrogen-bond donors (Lipinski definition) is 1. The fraction of sp³-hybridized carbons (Fsp3) is 0.538. The molecule has 0 saturated carbocycles. The first-order valence-corrected chi connectivity index (χ1v) is 7.40. The first kappa shape index (κ1) is 14.5. The number of aliphatic hydroxyl groups is 1. The van der Waals surface area contributed by atoms with E-state index in [0.717, 1.165) is 0 Å². The Morgan fingerprint density at radius 1 is 1.58 bits per heavy atom. The Morgan fingerprint density at radius 2 is 2.26 bits per heavy atom. The topological polar surface area (TPSA) is 62.7 Å². The van der Waals surface area contributed by atoms with Crippen LogP contribution in [-0.2, 0) is 4.74 Å². The molecule has 0 spiro atoms. The Labute approximate surface area is 126 Å². The van der Waals surface area contributed by atoms with Crippen LogP contribution in [-0.4, -0.2) is 39.4 Å². The highest BCUT2D eigenvalue weighted by atomic mass is 127. The number of alkyl halides is 1. The lowest BCUT2D eigenvalue weighted by molar-refractivity contribution is 0.0526. The smallest absolute Gasteiger partial charge is 0.341 e. The van der Waals surface area contributed by atoms with Crippen LogP contribution in [0.15, 0.2) is 18.3 Å². The Morgan fingerprint density at radius 3 is 2.89 bits per heavy atom. The molecule has 0 radical (unpaired) electrons. The minimum atomic E-state index is -0.646. The van der Waals surface area contributed by atoms with Gasteiger partial charge in [-0.1, -0.05) is 0 Å². The van der Waals surface area contributed by atoms with Crippen LogP contribution in [0.25, 0.3) is 0 Å². The van der Waals surface area contributed by atoms with Gasteiger partial charge < -0.3 is 14.7 Å². The van der Waals surface area contributed by atoms with E-state index in [1.165, 1.54) is 0 Å². The van der Waals surface area contributed by atoms with Crippen molar-refractivity contribution in [2.45, 2.75) is 23.4 Å². The molecule has 0 bridgehead atoms. The highest BCUT2D eigenvalue weighted by Crippen LogP contribution is 2.31. The van der Waals surface area contributed by atoms with E-state index in [-0.39, 0.29) is 5.97 Å². The van der Waals surface area contributed by atoms with Crippen LogP contribution < -0.4 is 4.90 Å². The van der Waals surface area contributed by atoms with Crippen molar-refractivity contribution in [2.75, 3.05) is 24.6 Å². The van der Waals surface area contributed by atoms with Crippen LogP contribution in [0.3, 0.4) is 0 Å². The van der Waals surface area contributed by atoms with Crippen molar-refractivity contribution in [1.82, 2.24) is 4.98 Å². The largest absolute Gasteiger partial charge is 0.462 e. The van der Waals surface area contributed by atoms with Gasteiger partial charge in [0.15, 0.2) is 0 Å². The molecule has 0 aromatic carbocycles. The van der Waals surface area contributed by atoms with Crippen LogP contribution in [0.2, 0.25) is 0 Å². The molecule has 6 heteroatoms. The SMILES string of the molecule is CCOC(=O)c1cccnc1N1CCC(O)(I)CC1. The fourth-order valence-electron chi connectivity index (χ4n) is 2.08. The third-order valence-electron chi connectivity index (χ3n) is 3.11. The lowest BCUT2D eigenvalue weighted by Crippen LogP contribution is -2.41. The molecular formula is C13H17IN2O3. The molecule has 104 valence electrons. The summed E-state index contributed by atoms with van der Waals surface area (Å²) >= 11 is 2.07. The molecule has 1 fully saturated rings. The van der Waals surface area contributed by atoms with Gasteiger partial charge in [0.25, 0.3) is 0 Å². The normalized spacial score (nSPS) is 18.2. The number of aromatic nitrogens is 1. The molecule has 1 aliphatic rings. The van der Waals surface area contributed by atoms with Crippen LogP contribution >= 0.6 is 22.6 Å². The van der Waals surface area contributed by atoms with Crippen molar-refractivity contribution < 1.29 is 14.6 Å². The zero-order valence-corrected chi connectivity index (χ0v) is 13.0. The molecule has 0 unspecified atom stereocenters. The monoisotopic (exact) mass is 376 g/mol. The zero-order chi connectivity index (χ0) is 13.9. The second-order valence-corrected chi connectivity index (χ2v) is 6.51. The molecule has 1 N–H and O–H groups in total. The molecule has 2 rings (SSSR count). The zero-order valence-electron chi connectivity index (χ0n) is 10.8. The van der Waals surface area contributed by atoms with E-state index < -0.39 is 3.61 Å². The average Bonchev–Trinajstić information content (AvgIpc) is 2.39. The number of esters is 1. The standard InChI is InChI=1S/C13H17IN2O3/c1-2-19-12(17)10-4-3-7-15-11(10)16-8-5-13(14,18)6-9-16/h3-4,7,18H,2,5-6,8-9H2,1H3. The molecule has 1 aromatic heterocycles. The molecule has 1 saturated heterocycles. The maximum absolute atomic E-state index is 11.9. The van der Waals surface area contributed by atoms with E-state index in [4.69, 9.17) is 4.74 Å². The number of hydrogen-bond acceptors (Lipinski definition) is 5. The summed E-state index contributed by atoms with van der Waals surface area (Å²) in [6.45, 7) is 3.50. The second-order valence-electron chi connectivity index (χ2n) is 4.50. The van der Waals surface area contributed by atoms with Crippen LogP contribution in [0.1, 0.15) is 30.1 Å². The molecule has 19 heavy (non-hydrogen) atoms. The van der Waals surface area contributed by atoms with Gasteiger partial charge in [-0.2, -0.15) is 0 Å². The van der Waals surface area contributed by atoms with Crippen molar-refractivity contribution in [3.63, 3.8) is 0 Å². The molecule has 0 aliphatic carbocycles. The quantitative estimate of drug-likeness (QED) is 0.497. The van der Waals surface area contributed by atoms with Gasteiger partial charge in [-0.25, -0.2) is 9.78 Å². The average molecular weight is 376 g/mol. The molecule has 2 heterocycles. The van der Waals surface area contributed by atoms with Gasteiger partial charge in [0.1, 0.15) is 15.0 Å². The van der Waals surface area contributed by atoms with E-state index in [0.29, 0.717) is 43.9 Å². The van der Waals surface area contributed by atoms with Gasteiger partial charge in [0.05, 0.1) is 6.61 Å². The summed E-state index contributed by atoms with van der Waals surface area (Å²) < 4.78 is 4.40. The number of rotatable bonds is 3. The van der Waals surface area contributed by atoms with Gasteiger partial charge in [0, 0.05) is 32.1 Å². The predicted molar refractivity (Wildman–Crippen MR) is 80.6 cm³/mol. The molecule has 1 aromatic rings. The predicted octanol–water partition coefficient (Wildman–Crippen LogP) is 1.98. The van der Waals surface area contributed by atoms with Crippen LogP contribution in [0.5, 0.6) is 0 Å². The summed E-state index contributed by atoms with van der Waals surface area (Å²) in [6.07, 6.45) is 2.99. The minimum absolute atomic E-state index is 0.346. The van der Waals surface area contributed by atoms with E-state index >= 15 is 0 Å². The number of ether oxygens (including phenoxy) is 1. The Hall–Kier alpha value is -0.890. The lowest BCUT2D eigenvalue weighted by Gasteiger charge is -2.35. The Kier molecular flexibility index (Phi) is 4.62. The number of halogens is 1. The maximum atomic E-state index is 11.9. The summed E-state index contributed by atoms with van der Waals surface area (Å²) in [5.74, 6) is 0.300. The van der Waals surface area contributed by atoms with Gasteiger partial charge >= 0.3 is 5.97 Å². The maximum Gasteiger partial charge on any atom is 0.341 e. The first-order valence-electron chi connectivity index (χ1n) is 6.32. The highest BCUT2D eigenvalue weighted by molar-refractivity contribution is 14.1. The van der Waals surface area contributed by atoms with Crippen molar-refractivity contribution in [3.05, 3.63) is 23.9 Å². The van der Waals surface area contributed by atoms with E-state index in [9.17, 15) is 9.90 Å². The molecule has 5 nitrogen and oxygen atoms in total. The van der Waals surface area contributed by atoms with Crippen molar-refractivity contribution in [3.8, 4) is 0 Å². The van der Waals surface area contributed by atoms with Gasteiger partial charge in [-0.05, 0) is 41.6 Å². The number of nitrogens with zero attached hydrogens (tertiary/aromatic N) is 2. The van der Waals surface area contributed by atoms with Gasteiger partial charge in [-0.15, -0.1) is 0 Å². The van der Waals surface area contributed by atoms with E-state index in [1.54, 1.807) is 25.3 Å². The highest BCUT2D eigenvalue weighted by Gasteiger charge is 2.31. The fourth-order valence-corrected chi connectivity index (χ4v) is 2.56. The summed E-state index contributed by atoms with van der Waals surface area (Å²) in [4.78, 5) is 18.2. The lowest BCUT2D eigenvalue weighted by atomic mass is 10.1. The summed E-state index contributed by atoms with van der Waals surface area (Å²) in [5.41, 5.74) is 0.489. The Bertz CT molecular complexity index is 455. The first-order chi connectivity index (χ1) is 9.03. The second kappa shape index (κ2) is 6.04. The summed E-state index contributed by atoms with van der Waals surface area (Å²) in [6, 6.07) is 3.46. The summed E-state index contributed by atoms with van der Waals surface area (Å²) in [5, 5.41) is 9.95. The molecule has 0 amide bonds. The van der Waals surface area contributed by atoms with Crippen molar-refractivity contribution in [2.24, 2.45) is 0 Å². The summed E-state index contributed by atoms with van der Waals surface area (Å²) in [7, 11) is 0. The number of carbonyl (C=O) groups excluding carboxylic acids is 1. The molecule has 0 atom stereocenters. The molecular weight excluding hydrogens is 359 g/mol. The van der Waals surface area contributed by atoms with Crippen LogP contribution in [0.4, 0.5) is 5.82 Å². The number of carbonyl (C=O) groups is 1. The van der Waals surface area contributed by atoms with Crippen molar-refractivity contribution >= 4 is 34.4 Å². The third-order valence-corrected chi connectivity index (χ3v) is 4.19. The number of anilines is 1. The van der Waals surface area contributed by atoms with E-state index in [2.05, 4.69) is 27.6 Å². The number of piperidine rings is 1. The Balaban J connectivity index is 2.19. The van der Waals surface area contributed by atoms with Crippen molar-refractivity contribution in [1.29, 1.82) is 0 Å².